The molecule has 1 heterocycles. The van der Waals surface area contributed by atoms with Gasteiger partial charge in [0, 0.05) is 19.1 Å². The summed E-state index contributed by atoms with van der Waals surface area (Å²) in [6, 6.07) is 4.77. The number of benzene rings is 1. The van der Waals surface area contributed by atoms with E-state index < -0.39 is 24.1 Å². The Bertz CT molecular complexity index is 462. The van der Waals surface area contributed by atoms with E-state index in [1.807, 2.05) is 11.8 Å². The zero-order chi connectivity index (χ0) is 14.9. The van der Waals surface area contributed by atoms with Gasteiger partial charge in [-0.25, -0.2) is 4.39 Å². The summed E-state index contributed by atoms with van der Waals surface area (Å²) >= 11 is 5.75. The van der Waals surface area contributed by atoms with Gasteiger partial charge in [0.15, 0.2) is 0 Å². The highest BCUT2D eigenvalue weighted by atomic mass is 35.5. The van der Waals surface area contributed by atoms with Crippen LogP contribution in [0.4, 0.5) is 4.39 Å². The average molecular weight is 304 g/mol. The highest BCUT2D eigenvalue weighted by Gasteiger charge is 2.35. The van der Waals surface area contributed by atoms with Crippen molar-refractivity contribution in [3.8, 4) is 0 Å². The van der Waals surface area contributed by atoms with Crippen molar-refractivity contribution in [3.63, 3.8) is 0 Å². The molecule has 3 unspecified atom stereocenters. The Balaban J connectivity index is 2.05. The number of likely N-dealkylation sites (tertiary alicyclic amines) is 1. The lowest BCUT2D eigenvalue weighted by Crippen LogP contribution is -2.57. The number of β-amino-alcohol motifs (C(OH)–C–C–N with tert-alkyl or cyclic N) is 2. The molecule has 3 N–H and O–H groups in total. The maximum absolute atomic E-state index is 13.9. The van der Waals surface area contributed by atoms with Crippen LogP contribution in [0.3, 0.4) is 0 Å². The van der Waals surface area contributed by atoms with Gasteiger partial charge < -0.3 is 15.3 Å². The monoisotopic (exact) mass is 303 g/mol. The van der Waals surface area contributed by atoms with Gasteiger partial charge >= 0.3 is 0 Å². The highest BCUT2D eigenvalue weighted by Crippen LogP contribution is 2.22. The Morgan fingerprint density at radius 1 is 1.30 bits per heavy atom. The van der Waals surface area contributed by atoms with Gasteiger partial charge in [-0.3, -0.25) is 4.90 Å². The standard InChI is InChI=1S/C14H19ClFNO3/c1-8(5-9-3-2-4-10(15)13(9)16)17-6-11(18)14(20)12(19)7-17/h2-4,8,11-12,14,18-20H,5-7H2,1H3. The van der Waals surface area contributed by atoms with Gasteiger partial charge in [0.1, 0.15) is 11.9 Å². The molecule has 112 valence electrons. The minimum Gasteiger partial charge on any atom is -0.389 e. The number of aliphatic hydroxyl groups is 3. The number of hydrogen-bond acceptors (Lipinski definition) is 4. The number of piperidine rings is 1. The summed E-state index contributed by atoms with van der Waals surface area (Å²) in [4.78, 5) is 1.84. The van der Waals surface area contributed by atoms with Gasteiger partial charge in [-0.1, -0.05) is 23.7 Å². The largest absolute Gasteiger partial charge is 0.389 e. The predicted molar refractivity (Wildman–Crippen MR) is 74.2 cm³/mol. The zero-order valence-corrected chi connectivity index (χ0v) is 12.0. The van der Waals surface area contributed by atoms with E-state index in [1.165, 1.54) is 6.07 Å². The first kappa shape index (κ1) is 15.7. The summed E-state index contributed by atoms with van der Waals surface area (Å²) < 4.78 is 13.9. The van der Waals surface area contributed by atoms with Gasteiger partial charge in [-0.05, 0) is 25.0 Å². The van der Waals surface area contributed by atoms with Crippen molar-refractivity contribution in [1.29, 1.82) is 0 Å². The summed E-state index contributed by atoms with van der Waals surface area (Å²) in [7, 11) is 0. The smallest absolute Gasteiger partial charge is 0.145 e. The average Bonchev–Trinajstić information content (AvgIpc) is 2.40. The summed E-state index contributed by atoms with van der Waals surface area (Å²) in [5.74, 6) is -0.431. The van der Waals surface area contributed by atoms with Crippen molar-refractivity contribution >= 4 is 11.6 Å². The molecular weight excluding hydrogens is 285 g/mol. The van der Waals surface area contributed by atoms with Crippen molar-refractivity contribution < 1.29 is 19.7 Å². The molecule has 3 atom stereocenters. The Kier molecular flexibility index (Phi) is 4.99. The molecular formula is C14H19ClFNO3. The van der Waals surface area contributed by atoms with Gasteiger partial charge in [0.2, 0.25) is 0 Å². The number of rotatable bonds is 3. The number of aliphatic hydroxyl groups excluding tert-OH is 3. The third-order valence-corrected chi connectivity index (χ3v) is 4.09. The Labute approximate surface area is 122 Å². The molecule has 0 spiro atoms. The third kappa shape index (κ3) is 3.30. The van der Waals surface area contributed by atoms with Crippen LogP contribution in [0.5, 0.6) is 0 Å². The van der Waals surface area contributed by atoms with E-state index in [0.29, 0.717) is 12.0 Å². The van der Waals surface area contributed by atoms with Crippen LogP contribution in [0.15, 0.2) is 18.2 Å². The Hall–Kier alpha value is -0.720. The molecule has 6 heteroatoms. The molecule has 1 aliphatic rings. The van der Waals surface area contributed by atoms with Crippen molar-refractivity contribution in [2.24, 2.45) is 0 Å². The van der Waals surface area contributed by atoms with Gasteiger partial charge in [-0.15, -0.1) is 0 Å². The topological polar surface area (TPSA) is 63.9 Å². The van der Waals surface area contributed by atoms with Crippen LogP contribution in [0, 0.1) is 5.82 Å². The zero-order valence-electron chi connectivity index (χ0n) is 11.2. The molecule has 0 amide bonds. The van der Waals surface area contributed by atoms with Crippen LogP contribution in [0.2, 0.25) is 5.02 Å². The Morgan fingerprint density at radius 3 is 2.50 bits per heavy atom. The molecule has 1 aliphatic heterocycles. The molecule has 1 saturated heterocycles. The molecule has 20 heavy (non-hydrogen) atoms. The van der Waals surface area contributed by atoms with Crippen LogP contribution < -0.4 is 0 Å². The van der Waals surface area contributed by atoms with E-state index in [4.69, 9.17) is 11.6 Å². The third-order valence-electron chi connectivity index (χ3n) is 3.80. The second kappa shape index (κ2) is 6.37. The van der Waals surface area contributed by atoms with E-state index in [2.05, 4.69) is 0 Å². The van der Waals surface area contributed by atoms with Crippen LogP contribution in [-0.4, -0.2) is 57.7 Å². The fourth-order valence-electron chi connectivity index (χ4n) is 2.54. The van der Waals surface area contributed by atoms with Crippen LogP contribution in [0.1, 0.15) is 12.5 Å². The lowest BCUT2D eigenvalue weighted by atomic mass is 9.98. The van der Waals surface area contributed by atoms with Gasteiger partial charge in [-0.2, -0.15) is 0 Å². The van der Waals surface area contributed by atoms with Crippen LogP contribution in [0.25, 0.3) is 0 Å². The number of hydrogen-bond donors (Lipinski definition) is 3. The fourth-order valence-corrected chi connectivity index (χ4v) is 2.73. The SMILES string of the molecule is CC(Cc1cccc(Cl)c1F)N1CC(O)C(O)C(O)C1. The minimum atomic E-state index is -1.12. The molecule has 0 radical (unpaired) electrons. The molecule has 0 aromatic heterocycles. The molecule has 2 rings (SSSR count). The number of halogens is 2. The van der Waals surface area contributed by atoms with Gasteiger partial charge in [0.05, 0.1) is 17.2 Å². The summed E-state index contributed by atoms with van der Waals surface area (Å²) in [5.41, 5.74) is 0.500. The maximum Gasteiger partial charge on any atom is 0.145 e. The van der Waals surface area contributed by atoms with E-state index >= 15 is 0 Å². The summed E-state index contributed by atoms with van der Waals surface area (Å²) in [5, 5.41) is 29.0. The first-order valence-corrected chi connectivity index (χ1v) is 6.99. The molecule has 0 aliphatic carbocycles. The maximum atomic E-state index is 13.9. The van der Waals surface area contributed by atoms with E-state index in [9.17, 15) is 19.7 Å². The Morgan fingerprint density at radius 2 is 1.90 bits per heavy atom. The van der Waals surface area contributed by atoms with Crippen LogP contribution >= 0.6 is 11.6 Å². The van der Waals surface area contributed by atoms with E-state index in [1.54, 1.807) is 12.1 Å². The summed E-state index contributed by atoms with van der Waals surface area (Å²) in [6.07, 6.45) is -2.70. The second-order valence-corrected chi connectivity index (χ2v) is 5.75. The molecule has 1 fully saturated rings. The molecule has 1 aromatic carbocycles. The van der Waals surface area contributed by atoms with Crippen LogP contribution in [-0.2, 0) is 6.42 Å². The lowest BCUT2D eigenvalue weighted by Gasteiger charge is -2.40. The lowest BCUT2D eigenvalue weighted by molar-refractivity contribution is -0.116. The first-order chi connectivity index (χ1) is 9.40. The fraction of sp³-hybridized carbons (Fsp3) is 0.571. The number of nitrogens with zero attached hydrogens (tertiary/aromatic N) is 1. The van der Waals surface area contributed by atoms with Crippen molar-refractivity contribution in [2.75, 3.05) is 13.1 Å². The minimum absolute atomic E-state index is 0.0835. The molecule has 1 aromatic rings. The van der Waals surface area contributed by atoms with E-state index in [-0.39, 0.29) is 24.2 Å². The highest BCUT2D eigenvalue weighted by molar-refractivity contribution is 6.30. The summed E-state index contributed by atoms with van der Waals surface area (Å²) in [6.45, 7) is 2.39. The van der Waals surface area contributed by atoms with Crippen molar-refractivity contribution in [1.82, 2.24) is 4.90 Å². The molecule has 0 bridgehead atoms. The van der Waals surface area contributed by atoms with E-state index in [0.717, 1.165) is 0 Å². The van der Waals surface area contributed by atoms with Gasteiger partial charge in [0.25, 0.3) is 0 Å². The normalized spacial score (nSPS) is 29.4. The second-order valence-electron chi connectivity index (χ2n) is 5.35. The molecule has 0 saturated carbocycles. The first-order valence-electron chi connectivity index (χ1n) is 6.61. The van der Waals surface area contributed by atoms with Crippen molar-refractivity contribution in [3.05, 3.63) is 34.6 Å². The molecule has 4 nitrogen and oxygen atoms in total. The predicted octanol–water partition coefficient (Wildman–Crippen LogP) is 0.808. The van der Waals surface area contributed by atoms with Crippen molar-refractivity contribution in [2.45, 2.75) is 37.7 Å². The quantitative estimate of drug-likeness (QED) is 0.773.